The predicted octanol–water partition coefficient (Wildman–Crippen LogP) is 1.98. The van der Waals surface area contributed by atoms with Crippen LogP contribution in [-0.4, -0.2) is 23.4 Å². The second-order valence-electron chi connectivity index (χ2n) is 5.28. The van der Waals surface area contributed by atoms with Crippen LogP contribution in [0, 0.1) is 21.8 Å². The lowest BCUT2D eigenvalue weighted by Gasteiger charge is -2.31. The number of hydrogen-bond donors (Lipinski definition) is 2. The standard InChI is InChI=1S/C14H18FN3O3/c15-10-5-6-13(18(20)21)11(7-10)14(19)17-12-4-2-1-3-9(12)8-16/h5-7,9,12H,1-4,8,16H2,(H,17,19). The van der Waals surface area contributed by atoms with Gasteiger partial charge in [-0.15, -0.1) is 0 Å². The second kappa shape index (κ2) is 6.62. The van der Waals surface area contributed by atoms with Crippen molar-refractivity contribution in [1.29, 1.82) is 0 Å². The summed E-state index contributed by atoms with van der Waals surface area (Å²) in [5.41, 5.74) is 5.05. The Morgan fingerprint density at radius 2 is 2.14 bits per heavy atom. The molecule has 1 aliphatic carbocycles. The zero-order chi connectivity index (χ0) is 15.4. The summed E-state index contributed by atoms with van der Waals surface area (Å²) in [5, 5.41) is 13.7. The van der Waals surface area contributed by atoms with E-state index in [1.54, 1.807) is 0 Å². The molecule has 1 aliphatic rings. The molecule has 1 amide bonds. The zero-order valence-corrected chi connectivity index (χ0v) is 11.5. The van der Waals surface area contributed by atoms with Crippen LogP contribution >= 0.6 is 0 Å². The third-order valence-electron chi connectivity index (χ3n) is 3.93. The molecule has 2 rings (SSSR count). The van der Waals surface area contributed by atoms with Gasteiger partial charge in [0.1, 0.15) is 11.4 Å². The molecular formula is C14H18FN3O3. The lowest BCUT2D eigenvalue weighted by Crippen LogP contribution is -2.44. The molecule has 21 heavy (non-hydrogen) atoms. The molecule has 3 N–H and O–H groups in total. The topological polar surface area (TPSA) is 98.3 Å². The average molecular weight is 295 g/mol. The molecule has 1 aromatic rings. The molecule has 0 heterocycles. The first kappa shape index (κ1) is 15.4. The second-order valence-corrected chi connectivity index (χ2v) is 5.28. The Labute approximate surface area is 121 Å². The molecule has 0 bridgehead atoms. The monoisotopic (exact) mass is 295 g/mol. The molecule has 114 valence electrons. The molecule has 0 saturated heterocycles. The number of hydrogen-bond acceptors (Lipinski definition) is 4. The van der Waals surface area contributed by atoms with Crippen molar-refractivity contribution in [3.8, 4) is 0 Å². The molecule has 2 unspecified atom stereocenters. The normalized spacial score (nSPS) is 21.8. The van der Waals surface area contributed by atoms with Gasteiger partial charge in [0, 0.05) is 12.1 Å². The Hall–Kier alpha value is -2.02. The van der Waals surface area contributed by atoms with E-state index in [0.29, 0.717) is 6.54 Å². The number of carbonyl (C=O) groups is 1. The van der Waals surface area contributed by atoms with Crippen molar-refractivity contribution in [1.82, 2.24) is 5.32 Å². The highest BCUT2D eigenvalue weighted by molar-refractivity contribution is 5.98. The number of nitrogens with zero attached hydrogens (tertiary/aromatic N) is 1. The van der Waals surface area contributed by atoms with Gasteiger partial charge in [-0.3, -0.25) is 14.9 Å². The maximum Gasteiger partial charge on any atom is 0.282 e. The highest BCUT2D eigenvalue weighted by Gasteiger charge is 2.28. The molecule has 0 aromatic heterocycles. The van der Waals surface area contributed by atoms with Crippen LogP contribution in [0.2, 0.25) is 0 Å². The summed E-state index contributed by atoms with van der Waals surface area (Å²) in [7, 11) is 0. The minimum Gasteiger partial charge on any atom is -0.349 e. The number of nitrogens with one attached hydrogen (secondary N) is 1. The van der Waals surface area contributed by atoms with E-state index in [-0.39, 0.29) is 17.5 Å². The van der Waals surface area contributed by atoms with Crippen LogP contribution in [0.25, 0.3) is 0 Å². The maximum atomic E-state index is 13.3. The SMILES string of the molecule is NCC1CCCCC1NC(=O)c1cc(F)ccc1[N+](=O)[O-]. The van der Waals surface area contributed by atoms with Gasteiger partial charge >= 0.3 is 0 Å². The van der Waals surface area contributed by atoms with E-state index in [4.69, 9.17) is 5.73 Å². The molecule has 1 saturated carbocycles. The van der Waals surface area contributed by atoms with Crippen LogP contribution in [0.15, 0.2) is 18.2 Å². The number of nitro benzene ring substituents is 1. The van der Waals surface area contributed by atoms with Crippen molar-refractivity contribution >= 4 is 11.6 Å². The highest BCUT2D eigenvalue weighted by Crippen LogP contribution is 2.25. The Morgan fingerprint density at radius 3 is 2.81 bits per heavy atom. The van der Waals surface area contributed by atoms with Gasteiger partial charge in [0.15, 0.2) is 0 Å². The molecule has 0 aliphatic heterocycles. The Bertz CT molecular complexity index is 550. The fourth-order valence-corrected chi connectivity index (χ4v) is 2.78. The molecule has 1 aromatic carbocycles. The number of rotatable bonds is 4. The maximum absolute atomic E-state index is 13.3. The van der Waals surface area contributed by atoms with Crippen LogP contribution in [0.3, 0.4) is 0 Å². The molecular weight excluding hydrogens is 277 g/mol. The van der Waals surface area contributed by atoms with Gasteiger partial charge in [-0.2, -0.15) is 0 Å². The van der Waals surface area contributed by atoms with Crippen molar-refractivity contribution in [2.75, 3.05) is 6.54 Å². The number of nitro groups is 1. The summed E-state index contributed by atoms with van der Waals surface area (Å²) in [6, 6.07) is 2.76. The van der Waals surface area contributed by atoms with Crippen molar-refractivity contribution in [3.05, 3.63) is 39.7 Å². The minimum atomic E-state index is -0.685. The third-order valence-corrected chi connectivity index (χ3v) is 3.93. The summed E-state index contributed by atoms with van der Waals surface area (Å²) >= 11 is 0. The Morgan fingerprint density at radius 1 is 1.43 bits per heavy atom. The fourth-order valence-electron chi connectivity index (χ4n) is 2.78. The Kier molecular flexibility index (Phi) is 4.85. The molecule has 0 spiro atoms. The lowest BCUT2D eigenvalue weighted by molar-refractivity contribution is -0.385. The van der Waals surface area contributed by atoms with E-state index in [2.05, 4.69) is 5.32 Å². The molecule has 6 nitrogen and oxygen atoms in total. The zero-order valence-electron chi connectivity index (χ0n) is 11.5. The molecule has 2 atom stereocenters. The van der Waals surface area contributed by atoms with Crippen molar-refractivity contribution in [2.24, 2.45) is 11.7 Å². The van der Waals surface area contributed by atoms with Gasteiger partial charge in [0.2, 0.25) is 0 Å². The van der Waals surface area contributed by atoms with Gasteiger partial charge < -0.3 is 11.1 Å². The number of amides is 1. The lowest BCUT2D eigenvalue weighted by atomic mass is 9.84. The Balaban J connectivity index is 2.19. The van der Waals surface area contributed by atoms with Crippen LogP contribution < -0.4 is 11.1 Å². The van der Waals surface area contributed by atoms with Crippen LogP contribution in [0.4, 0.5) is 10.1 Å². The summed E-state index contributed by atoms with van der Waals surface area (Å²) in [4.78, 5) is 22.5. The van der Waals surface area contributed by atoms with E-state index < -0.39 is 22.3 Å². The van der Waals surface area contributed by atoms with Crippen molar-refractivity contribution < 1.29 is 14.1 Å². The van der Waals surface area contributed by atoms with Crippen LogP contribution in [-0.2, 0) is 0 Å². The number of benzene rings is 1. The quantitative estimate of drug-likeness (QED) is 0.655. The van der Waals surface area contributed by atoms with E-state index in [1.807, 2.05) is 0 Å². The first-order chi connectivity index (χ1) is 10.0. The molecule has 0 radical (unpaired) electrons. The van der Waals surface area contributed by atoms with Gasteiger partial charge in [-0.25, -0.2) is 4.39 Å². The van der Waals surface area contributed by atoms with E-state index in [1.165, 1.54) is 0 Å². The van der Waals surface area contributed by atoms with Gasteiger partial charge in [0.25, 0.3) is 11.6 Å². The van der Waals surface area contributed by atoms with Crippen molar-refractivity contribution in [3.63, 3.8) is 0 Å². The highest BCUT2D eigenvalue weighted by atomic mass is 19.1. The van der Waals surface area contributed by atoms with Gasteiger partial charge in [-0.1, -0.05) is 12.8 Å². The first-order valence-electron chi connectivity index (χ1n) is 6.97. The first-order valence-corrected chi connectivity index (χ1v) is 6.97. The number of halogens is 1. The van der Waals surface area contributed by atoms with E-state index >= 15 is 0 Å². The minimum absolute atomic E-state index is 0.112. The predicted molar refractivity (Wildman–Crippen MR) is 75.3 cm³/mol. The van der Waals surface area contributed by atoms with Crippen LogP contribution in [0.5, 0.6) is 0 Å². The average Bonchev–Trinajstić information content (AvgIpc) is 2.47. The van der Waals surface area contributed by atoms with E-state index in [0.717, 1.165) is 43.9 Å². The van der Waals surface area contributed by atoms with Crippen molar-refractivity contribution in [2.45, 2.75) is 31.7 Å². The summed E-state index contributed by atoms with van der Waals surface area (Å²) in [6.45, 7) is 0.455. The summed E-state index contributed by atoms with van der Waals surface area (Å²) in [5.74, 6) is -1.13. The molecule has 1 fully saturated rings. The third kappa shape index (κ3) is 3.55. The van der Waals surface area contributed by atoms with Gasteiger partial charge in [0.05, 0.1) is 4.92 Å². The van der Waals surface area contributed by atoms with Crippen LogP contribution in [0.1, 0.15) is 36.0 Å². The van der Waals surface area contributed by atoms with Gasteiger partial charge in [-0.05, 0) is 37.4 Å². The van der Waals surface area contributed by atoms with E-state index in [9.17, 15) is 19.3 Å². The summed E-state index contributed by atoms with van der Waals surface area (Å²) < 4.78 is 13.3. The number of carbonyl (C=O) groups excluding carboxylic acids is 1. The fraction of sp³-hybridized carbons (Fsp3) is 0.500. The summed E-state index contributed by atoms with van der Waals surface area (Å²) in [6.07, 6.45) is 3.75. The number of nitrogens with two attached hydrogens (primary N) is 1. The molecule has 7 heteroatoms. The smallest absolute Gasteiger partial charge is 0.282 e. The largest absolute Gasteiger partial charge is 0.349 e.